The van der Waals surface area contributed by atoms with E-state index < -0.39 is 19.9 Å². The lowest BCUT2D eigenvalue weighted by atomic mass is 10.2. The van der Waals surface area contributed by atoms with E-state index in [9.17, 15) is 16.8 Å². The maximum absolute atomic E-state index is 12.9. The highest BCUT2D eigenvalue weighted by atomic mass is 35.5. The summed E-state index contributed by atoms with van der Waals surface area (Å²) in [6.45, 7) is 0.601. The van der Waals surface area contributed by atoms with Crippen LogP contribution in [0.2, 0.25) is 0 Å². The minimum Gasteiger partial charge on any atom is -0.495 e. The van der Waals surface area contributed by atoms with E-state index in [0.717, 1.165) is 18.7 Å². The second kappa shape index (κ2) is 7.35. The normalized spacial score (nSPS) is 19.3. The number of methoxy groups -OCH3 is 1. The third kappa shape index (κ3) is 3.97. The van der Waals surface area contributed by atoms with Crippen LogP contribution < -0.4 is 10.5 Å². The molecule has 0 spiro atoms. The van der Waals surface area contributed by atoms with Crippen LogP contribution in [0.3, 0.4) is 0 Å². The molecule has 0 saturated carbocycles. The zero-order chi connectivity index (χ0) is 16.5. The molecule has 0 bridgehead atoms. The van der Waals surface area contributed by atoms with E-state index in [1.807, 2.05) is 0 Å². The van der Waals surface area contributed by atoms with E-state index >= 15 is 0 Å². The molecule has 23 heavy (non-hydrogen) atoms. The molecule has 2 rings (SSSR count). The Morgan fingerprint density at radius 1 is 1.30 bits per heavy atom. The zero-order valence-corrected chi connectivity index (χ0v) is 15.4. The van der Waals surface area contributed by atoms with Gasteiger partial charge in [-0.3, -0.25) is 0 Å². The van der Waals surface area contributed by atoms with Crippen LogP contribution >= 0.6 is 12.4 Å². The number of nitrogens with zero attached hydrogens (tertiary/aromatic N) is 1. The lowest BCUT2D eigenvalue weighted by molar-refractivity contribution is 0.379. The van der Waals surface area contributed by atoms with Crippen molar-refractivity contribution in [3.63, 3.8) is 0 Å². The van der Waals surface area contributed by atoms with Crippen molar-refractivity contribution in [3.05, 3.63) is 18.2 Å². The SMILES string of the molecule is COc1ccc(S(C)(=O)=O)cc1S(=O)(=O)N1CCCC1CN.Cl. The molecule has 0 amide bonds. The number of halogens is 1. The molecule has 132 valence electrons. The summed E-state index contributed by atoms with van der Waals surface area (Å²) in [5.74, 6) is 0.120. The van der Waals surface area contributed by atoms with Crippen LogP contribution in [0.1, 0.15) is 12.8 Å². The van der Waals surface area contributed by atoms with Gasteiger partial charge in [0.1, 0.15) is 10.6 Å². The van der Waals surface area contributed by atoms with Crippen molar-refractivity contribution in [1.29, 1.82) is 0 Å². The summed E-state index contributed by atoms with van der Waals surface area (Å²) in [5.41, 5.74) is 5.64. The average Bonchev–Trinajstić information content (AvgIpc) is 2.94. The molecule has 1 aromatic rings. The Morgan fingerprint density at radius 2 is 1.96 bits per heavy atom. The molecule has 1 heterocycles. The van der Waals surface area contributed by atoms with Gasteiger partial charge in [-0.1, -0.05) is 0 Å². The van der Waals surface area contributed by atoms with E-state index in [4.69, 9.17) is 10.5 Å². The van der Waals surface area contributed by atoms with Crippen molar-refractivity contribution >= 4 is 32.3 Å². The van der Waals surface area contributed by atoms with Crippen LogP contribution in [-0.4, -0.2) is 53.6 Å². The van der Waals surface area contributed by atoms with E-state index in [2.05, 4.69) is 0 Å². The standard InChI is InChI=1S/C13H20N2O5S2.ClH/c1-20-12-6-5-11(21(2,16)17)8-13(12)22(18,19)15-7-3-4-10(15)9-14;/h5-6,8,10H,3-4,7,9,14H2,1-2H3;1H. The van der Waals surface area contributed by atoms with Crippen LogP contribution in [0, 0.1) is 0 Å². The highest BCUT2D eigenvalue weighted by Gasteiger charge is 2.36. The maximum atomic E-state index is 12.9. The first-order chi connectivity index (χ1) is 10.2. The predicted octanol–water partition coefficient (Wildman–Crippen LogP) is 0.632. The number of benzene rings is 1. The molecule has 0 radical (unpaired) electrons. The van der Waals surface area contributed by atoms with Gasteiger partial charge in [-0.2, -0.15) is 4.31 Å². The minimum absolute atomic E-state index is 0. The number of ether oxygens (including phenoxy) is 1. The van der Waals surface area contributed by atoms with Gasteiger partial charge >= 0.3 is 0 Å². The van der Waals surface area contributed by atoms with Gasteiger partial charge < -0.3 is 10.5 Å². The van der Waals surface area contributed by atoms with Crippen molar-refractivity contribution < 1.29 is 21.6 Å². The fraction of sp³-hybridized carbons (Fsp3) is 0.538. The first kappa shape index (κ1) is 20.2. The van der Waals surface area contributed by atoms with E-state index in [0.29, 0.717) is 13.0 Å². The highest BCUT2D eigenvalue weighted by molar-refractivity contribution is 7.91. The van der Waals surface area contributed by atoms with Gasteiger partial charge in [0.05, 0.1) is 12.0 Å². The quantitative estimate of drug-likeness (QED) is 0.798. The maximum Gasteiger partial charge on any atom is 0.247 e. The van der Waals surface area contributed by atoms with Gasteiger partial charge in [0.15, 0.2) is 9.84 Å². The molecule has 1 fully saturated rings. The van der Waals surface area contributed by atoms with Crippen molar-refractivity contribution in [1.82, 2.24) is 4.31 Å². The van der Waals surface area contributed by atoms with Crippen molar-refractivity contribution in [3.8, 4) is 5.75 Å². The Hall–Kier alpha value is -0.870. The van der Waals surface area contributed by atoms with Crippen LogP contribution in [0.5, 0.6) is 5.75 Å². The number of hydrogen-bond acceptors (Lipinski definition) is 6. The molecule has 10 heteroatoms. The second-order valence-corrected chi connectivity index (χ2v) is 9.11. The molecule has 1 aromatic carbocycles. The summed E-state index contributed by atoms with van der Waals surface area (Å²) in [6, 6.07) is 3.57. The van der Waals surface area contributed by atoms with Crippen LogP contribution in [-0.2, 0) is 19.9 Å². The third-order valence-corrected chi connectivity index (χ3v) is 6.83. The molecule has 1 aliphatic rings. The largest absolute Gasteiger partial charge is 0.495 e. The van der Waals surface area contributed by atoms with E-state index in [1.54, 1.807) is 0 Å². The van der Waals surface area contributed by atoms with Crippen molar-refractivity contribution in [2.24, 2.45) is 5.73 Å². The molecule has 1 saturated heterocycles. The van der Waals surface area contributed by atoms with Gasteiger partial charge in [-0.15, -0.1) is 12.4 Å². The van der Waals surface area contributed by atoms with Crippen LogP contribution in [0.4, 0.5) is 0 Å². The van der Waals surface area contributed by atoms with Crippen molar-refractivity contribution in [2.75, 3.05) is 26.5 Å². The lowest BCUT2D eigenvalue weighted by Crippen LogP contribution is -2.40. The molecule has 1 atom stereocenters. The van der Waals surface area contributed by atoms with Gasteiger partial charge in [0, 0.05) is 25.4 Å². The average molecular weight is 385 g/mol. The van der Waals surface area contributed by atoms with Gasteiger partial charge in [-0.25, -0.2) is 16.8 Å². The predicted molar refractivity (Wildman–Crippen MR) is 89.3 cm³/mol. The zero-order valence-electron chi connectivity index (χ0n) is 12.9. The van der Waals surface area contributed by atoms with E-state index in [1.165, 1.54) is 23.5 Å². The first-order valence-electron chi connectivity index (χ1n) is 6.82. The Balaban J connectivity index is 0.00000264. The van der Waals surface area contributed by atoms with Crippen molar-refractivity contribution in [2.45, 2.75) is 28.7 Å². The number of sulfonamides is 1. The minimum atomic E-state index is -3.86. The second-order valence-electron chi connectivity index (χ2n) is 5.23. The van der Waals surface area contributed by atoms with Gasteiger partial charge in [-0.05, 0) is 31.0 Å². The Bertz CT molecular complexity index is 765. The molecular formula is C13H21ClN2O5S2. The highest BCUT2D eigenvalue weighted by Crippen LogP contribution is 2.32. The Kier molecular flexibility index (Phi) is 6.45. The molecule has 7 nitrogen and oxygen atoms in total. The first-order valence-corrected chi connectivity index (χ1v) is 10.1. The lowest BCUT2D eigenvalue weighted by Gasteiger charge is -2.24. The monoisotopic (exact) mass is 384 g/mol. The smallest absolute Gasteiger partial charge is 0.247 e. The molecule has 1 aliphatic heterocycles. The van der Waals surface area contributed by atoms with Crippen LogP contribution in [0.25, 0.3) is 0 Å². The van der Waals surface area contributed by atoms with Gasteiger partial charge in [0.25, 0.3) is 0 Å². The fourth-order valence-electron chi connectivity index (χ4n) is 2.58. The summed E-state index contributed by atoms with van der Waals surface area (Å²) in [4.78, 5) is -0.200. The third-order valence-electron chi connectivity index (χ3n) is 3.75. The molecule has 1 unspecified atom stereocenters. The Labute approximate surface area is 143 Å². The number of nitrogens with two attached hydrogens (primary N) is 1. The Morgan fingerprint density at radius 3 is 2.48 bits per heavy atom. The summed E-state index contributed by atoms with van der Waals surface area (Å²) >= 11 is 0. The topological polar surface area (TPSA) is 107 Å². The number of hydrogen-bond donors (Lipinski definition) is 1. The van der Waals surface area contributed by atoms with E-state index in [-0.39, 0.29) is 40.5 Å². The summed E-state index contributed by atoms with van der Waals surface area (Å²) in [7, 11) is -6.03. The summed E-state index contributed by atoms with van der Waals surface area (Å²) < 4.78 is 55.5. The molecule has 2 N–H and O–H groups in total. The fourth-order valence-corrected chi connectivity index (χ4v) is 5.19. The molecule has 0 aromatic heterocycles. The molecular weight excluding hydrogens is 364 g/mol. The number of rotatable bonds is 5. The van der Waals surface area contributed by atoms with Crippen LogP contribution in [0.15, 0.2) is 28.0 Å². The summed E-state index contributed by atoms with van der Waals surface area (Å²) in [5, 5.41) is 0. The number of sulfone groups is 1. The summed E-state index contributed by atoms with van der Waals surface area (Å²) in [6.07, 6.45) is 2.46. The molecule has 0 aliphatic carbocycles. The van der Waals surface area contributed by atoms with Gasteiger partial charge in [0.2, 0.25) is 10.0 Å².